The van der Waals surface area contributed by atoms with Gasteiger partial charge in [0.05, 0.1) is 24.5 Å². The Hall–Kier alpha value is -4.11. The second-order valence-electron chi connectivity index (χ2n) is 9.77. The Morgan fingerprint density at radius 1 is 1.08 bits per heavy atom. The summed E-state index contributed by atoms with van der Waals surface area (Å²) in [5.41, 5.74) is 6.10. The number of esters is 1. The molecule has 1 saturated heterocycles. The Labute approximate surface area is 220 Å². The number of aromatic nitrogens is 4. The number of carbonyl (C=O) groups is 2. The molecule has 3 aromatic heterocycles. The Balaban J connectivity index is 1.42. The molecule has 0 radical (unpaired) electrons. The van der Waals surface area contributed by atoms with Gasteiger partial charge >= 0.3 is 5.97 Å². The number of hydrogen-bond acceptors (Lipinski definition) is 7. The zero-order valence-corrected chi connectivity index (χ0v) is 21.5. The van der Waals surface area contributed by atoms with Gasteiger partial charge in [0.1, 0.15) is 5.69 Å². The first-order valence-electron chi connectivity index (χ1n) is 12.9. The molecule has 0 spiro atoms. The summed E-state index contributed by atoms with van der Waals surface area (Å²) in [6, 6.07) is 12.0. The molecular weight excluding hydrogens is 482 g/mol. The summed E-state index contributed by atoms with van der Waals surface area (Å²) in [7, 11) is 1.34. The van der Waals surface area contributed by atoms with Gasteiger partial charge in [0, 0.05) is 79.8 Å². The number of carbonyl (C=O) groups excluding carboxylic acids is 2. The maximum Gasteiger partial charge on any atom is 0.356 e. The van der Waals surface area contributed by atoms with Gasteiger partial charge < -0.3 is 14.4 Å². The second-order valence-corrected chi connectivity index (χ2v) is 9.77. The van der Waals surface area contributed by atoms with Crippen LogP contribution in [0.15, 0.2) is 48.8 Å². The number of rotatable bonds is 4. The van der Waals surface area contributed by atoms with Crippen molar-refractivity contribution < 1.29 is 19.1 Å². The summed E-state index contributed by atoms with van der Waals surface area (Å²) in [5.74, 6) is -0.393. The van der Waals surface area contributed by atoms with Crippen LogP contribution < -0.4 is 0 Å². The molecule has 2 aliphatic rings. The number of nitrogens with zero attached hydrogens (tertiary/aromatic N) is 5. The lowest BCUT2D eigenvalue weighted by Gasteiger charge is -2.29. The minimum absolute atomic E-state index is 0.0801. The van der Waals surface area contributed by atoms with E-state index in [-0.39, 0.29) is 11.6 Å². The van der Waals surface area contributed by atoms with Crippen LogP contribution in [0.1, 0.15) is 47.6 Å². The van der Waals surface area contributed by atoms with Gasteiger partial charge in [0.25, 0.3) is 0 Å². The fourth-order valence-corrected chi connectivity index (χ4v) is 5.47. The maximum atomic E-state index is 12.3. The molecule has 5 heterocycles. The Kier molecular flexibility index (Phi) is 6.37. The summed E-state index contributed by atoms with van der Waals surface area (Å²) in [4.78, 5) is 34.9. The summed E-state index contributed by atoms with van der Waals surface area (Å²) in [5, 5.41) is 7.21. The van der Waals surface area contributed by atoms with Gasteiger partial charge in [-0.1, -0.05) is 18.2 Å². The van der Waals surface area contributed by atoms with E-state index in [0.29, 0.717) is 19.1 Å². The molecular formula is C29H29N5O4. The summed E-state index contributed by atoms with van der Waals surface area (Å²) in [6.45, 7) is 4.38. The monoisotopic (exact) mass is 511 g/mol. The van der Waals surface area contributed by atoms with Crippen LogP contribution in [0, 0.1) is 0 Å². The van der Waals surface area contributed by atoms with E-state index in [1.807, 2.05) is 29.3 Å². The van der Waals surface area contributed by atoms with Crippen molar-refractivity contribution in [1.82, 2.24) is 24.6 Å². The molecule has 4 aromatic rings. The van der Waals surface area contributed by atoms with Crippen LogP contribution in [-0.2, 0) is 27.2 Å². The number of benzene rings is 1. The van der Waals surface area contributed by atoms with Gasteiger partial charge in [-0.15, -0.1) is 0 Å². The molecule has 6 rings (SSSR count). The standard InChI is InChI=1S/C29H29N5O4/c1-18(35)33-11-8-27-24(17-33)28(32-34(27)21-9-12-38-13-10-21)22-5-3-4-19-14-26(31-16-23(19)22)20-6-7-25(30-15-20)29(36)37-2/h3-7,14-16,21H,8-13,17H2,1-2H3. The topological polar surface area (TPSA) is 99.4 Å². The number of amides is 1. The van der Waals surface area contributed by atoms with Crippen LogP contribution in [0.2, 0.25) is 0 Å². The van der Waals surface area contributed by atoms with Gasteiger partial charge in [-0.25, -0.2) is 9.78 Å². The van der Waals surface area contributed by atoms with Crippen molar-refractivity contribution in [3.8, 4) is 22.5 Å². The minimum atomic E-state index is -0.473. The molecule has 194 valence electrons. The Morgan fingerprint density at radius 3 is 2.66 bits per heavy atom. The molecule has 0 N–H and O–H groups in total. The maximum absolute atomic E-state index is 12.3. The molecule has 0 aliphatic carbocycles. The molecule has 0 atom stereocenters. The highest BCUT2D eigenvalue weighted by atomic mass is 16.5. The SMILES string of the molecule is COC(=O)c1ccc(-c2cc3cccc(-c4nn(C5CCOCC5)c5c4CN(C(C)=O)CC5)c3cn2)cn1. The first kappa shape index (κ1) is 24.2. The third-order valence-corrected chi connectivity index (χ3v) is 7.54. The zero-order valence-electron chi connectivity index (χ0n) is 21.5. The summed E-state index contributed by atoms with van der Waals surface area (Å²) < 4.78 is 12.6. The largest absolute Gasteiger partial charge is 0.464 e. The lowest BCUT2D eigenvalue weighted by Crippen LogP contribution is -2.35. The van der Waals surface area contributed by atoms with Crippen molar-refractivity contribution in [2.75, 3.05) is 26.9 Å². The van der Waals surface area contributed by atoms with Crippen LogP contribution in [0.3, 0.4) is 0 Å². The third-order valence-electron chi connectivity index (χ3n) is 7.54. The van der Waals surface area contributed by atoms with E-state index in [9.17, 15) is 9.59 Å². The van der Waals surface area contributed by atoms with E-state index in [1.165, 1.54) is 12.8 Å². The summed E-state index contributed by atoms with van der Waals surface area (Å²) >= 11 is 0. The van der Waals surface area contributed by atoms with E-state index in [4.69, 9.17) is 19.6 Å². The van der Waals surface area contributed by atoms with Crippen LogP contribution in [0.5, 0.6) is 0 Å². The van der Waals surface area contributed by atoms with Crippen molar-refractivity contribution in [3.63, 3.8) is 0 Å². The Bertz CT molecular complexity index is 1520. The van der Waals surface area contributed by atoms with E-state index in [0.717, 1.165) is 71.3 Å². The smallest absolute Gasteiger partial charge is 0.356 e. The summed E-state index contributed by atoms with van der Waals surface area (Å²) in [6.07, 6.45) is 6.17. The highest BCUT2D eigenvalue weighted by Gasteiger charge is 2.30. The number of hydrogen-bond donors (Lipinski definition) is 0. The Morgan fingerprint density at radius 2 is 1.92 bits per heavy atom. The molecule has 2 aliphatic heterocycles. The van der Waals surface area contributed by atoms with E-state index >= 15 is 0 Å². The molecule has 0 saturated carbocycles. The van der Waals surface area contributed by atoms with Gasteiger partial charge in [0.15, 0.2) is 0 Å². The molecule has 1 fully saturated rings. The quantitative estimate of drug-likeness (QED) is 0.379. The van der Waals surface area contributed by atoms with Crippen LogP contribution in [0.4, 0.5) is 0 Å². The van der Waals surface area contributed by atoms with Crippen molar-refractivity contribution >= 4 is 22.6 Å². The van der Waals surface area contributed by atoms with Crippen molar-refractivity contribution in [2.24, 2.45) is 0 Å². The van der Waals surface area contributed by atoms with Crippen LogP contribution in [-0.4, -0.2) is 63.4 Å². The number of fused-ring (bicyclic) bond motifs is 2. The van der Waals surface area contributed by atoms with E-state index in [2.05, 4.69) is 21.8 Å². The first-order valence-corrected chi connectivity index (χ1v) is 12.9. The zero-order chi connectivity index (χ0) is 26.2. The fraction of sp³-hybridized carbons (Fsp3) is 0.345. The number of pyridine rings is 2. The lowest BCUT2D eigenvalue weighted by atomic mass is 9.96. The second kappa shape index (κ2) is 9.98. The molecule has 1 amide bonds. The molecule has 38 heavy (non-hydrogen) atoms. The highest BCUT2D eigenvalue weighted by molar-refractivity contribution is 5.97. The van der Waals surface area contributed by atoms with Gasteiger partial charge in [-0.3, -0.25) is 14.5 Å². The van der Waals surface area contributed by atoms with Crippen LogP contribution >= 0.6 is 0 Å². The molecule has 0 unspecified atom stereocenters. The average Bonchev–Trinajstić information content (AvgIpc) is 3.35. The predicted molar refractivity (Wildman–Crippen MR) is 141 cm³/mol. The van der Waals surface area contributed by atoms with E-state index < -0.39 is 5.97 Å². The van der Waals surface area contributed by atoms with Crippen LogP contribution in [0.25, 0.3) is 33.3 Å². The predicted octanol–water partition coefficient (Wildman–Crippen LogP) is 4.20. The fourth-order valence-electron chi connectivity index (χ4n) is 5.47. The lowest BCUT2D eigenvalue weighted by molar-refractivity contribution is -0.129. The third kappa shape index (κ3) is 4.32. The average molecular weight is 512 g/mol. The first-order chi connectivity index (χ1) is 18.5. The van der Waals surface area contributed by atoms with E-state index in [1.54, 1.807) is 19.2 Å². The normalized spacial score (nSPS) is 15.9. The molecule has 0 bridgehead atoms. The van der Waals surface area contributed by atoms with Crippen molar-refractivity contribution in [2.45, 2.75) is 38.8 Å². The van der Waals surface area contributed by atoms with Gasteiger partial charge in [-0.2, -0.15) is 5.10 Å². The molecule has 9 nitrogen and oxygen atoms in total. The van der Waals surface area contributed by atoms with Crippen molar-refractivity contribution in [1.29, 1.82) is 0 Å². The van der Waals surface area contributed by atoms with Gasteiger partial charge in [0.2, 0.25) is 5.91 Å². The number of methoxy groups -OCH3 is 1. The van der Waals surface area contributed by atoms with Crippen molar-refractivity contribution in [3.05, 3.63) is 65.7 Å². The van der Waals surface area contributed by atoms with Gasteiger partial charge in [-0.05, 0) is 36.4 Å². The molecule has 9 heteroatoms. The highest BCUT2D eigenvalue weighted by Crippen LogP contribution is 2.37. The molecule has 1 aromatic carbocycles. The minimum Gasteiger partial charge on any atom is -0.464 e. The number of ether oxygens (including phenoxy) is 2.